The van der Waals surface area contributed by atoms with E-state index in [0.717, 1.165) is 24.8 Å². The Kier molecular flexibility index (Phi) is 3.12. The van der Waals surface area contributed by atoms with E-state index in [4.69, 9.17) is 8.85 Å². The lowest BCUT2D eigenvalue weighted by Gasteiger charge is -2.40. The zero-order valence-corrected chi connectivity index (χ0v) is 10.8. The van der Waals surface area contributed by atoms with Crippen LogP contribution in [0.1, 0.15) is 35.4 Å². The van der Waals surface area contributed by atoms with Gasteiger partial charge in [0.25, 0.3) is 0 Å². The lowest BCUT2D eigenvalue weighted by molar-refractivity contribution is -0.0531. The van der Waals surface area contributed by atoms with Gasteiger partial charge in [-0.2, -0.15) is 0 Å². The molecule has 0 aliphatic heterocycles. The molecular weight excluding hydrogens is 226 g/mol. The van der Waals surface area contributed by atoms with E-state index in [1.807, 2.05) is 24.3 Å². The standard InChI is InChI=1S/C15H23NO2/c1-16-11-13-6-3-4-9-15(13,17)12-7-5-8-14(10-12)18-2/h5,7-8,10,13,16-17H,3-4,6,9,11H2,1-2H3/i1D3. The number of nitrogens with one attached hydrogen (secondary N) is 1. The monoisotopic (exact) mass is 252 g/mol. The zero-order valence-electron chi connectivity index (χ0n) is 13.8. The van der Waals surface area contributed by atoms with Gasteiger partial charge < -0.3 is 15.2 Å². The molecule has 0 amide bonds. The number of aliphatic hydroxyl groups is 1. The quantitative estimate of drug-likeness (QED) is 0.864. The fourth-order valence-corrected chi connectivity index (χ4v) is 2.89. The number of methoxy groups -OCH3 is 1. The Morgan fingerprint density at radius 2 is 2.44 bits per heavy atom. The van der Waals surface area contributed by atoms with Gasteiger partial charge in [0.2, 0.25) is 0 Å². The molecule has 3 nitrogen and oxygen atoms in total. The second-order valence-electron chi connectivity index (χ2n) is 4.98. The minimum atomic E-state index is -2.17. The molecule has 3 heteroatoms. The average molecular weight is 252 g/mol. The Morgan fingerprint density at radius 1 is 1.56 bits per heavy atom. The third-order valence-corrected chi connectivity index (χ3v) is 3.95. The zero-order chi connectivity index (χ0) is 15.5. The lowest BCUT2D eigenvalue weighted by atomic mass is 9.71. The molecular formula is C15H23NO2. The van der Waals surface area contributed by atoms with Crippen LogP contribution >= 0.6 is 0 Å². The molecule has 2 unspecified atom stereocenters. The number of hydrogen-bond donors (Lipinski definition) is 2. The Bertz CT molecular complexity index is 478. The predicted molar refractivity (Wildman–Crippen MR) is 72.8 cm³/mol. The highest BCUT2D eigenvalue weighted by atomic mass is 16.5. The molecule has 2 rings (SSSR count). The molecule has 2 atom stereocenters. The maximum atomic E-state index is 11.1. The Balaban J connectivity index is 2.22. The van der Waals surface area contributed by atoms with E-state index >= 15 is 0 Å². The smallest absolute Gasteiger partial charge is 0.119 e. The summed E-state index contributed by atoms with van der Waals surface area (Å²) in [4.78, 5) is 0. The van der Waals surface area contributed by atoms with Crippen molar-refractivity contribution in [1.82, 2.24) is 5.32 Å². The highest BCUT2D eigenvalue weighted by Gasteiger charge is 2.39. The highest BCUT2D eigenvalue weighted by Crippen LogP contribution is 2.42. The molecule has 1 saturated carbocycles. The summed E-state index contributed by atoms with van der Waals surface area (Å²) in [6.45, 7) is -1.89. The molecule has 0 bridgehead atoms. The number of ether oxygens (including phenoxy) is 1. The van der Waals surface area contributed by atoms with E-state index in [1.165, 1.54) is 0 Å². The molecule has 1 aromatic rings. The van der Waals surface area contributed by atoms with Gasteiger partial charge >= 0.3 is 0 Å². The fraction of sp³-hybridized carbons (Fsp3) is 0.600. The van der Waals surface area contributed by atoms with Crippen molar-refractivity contribution >= 4 is 0 Å². The second-order valence-corrected chi connectivity index (χ2v) is 4.98. The van der Waals surface area contributed by atoms with Crippen molar-refractivity contribution in [3.05, 3.63) is 29.8 Å². The third kappa shape index (κ3) is 2.52. The molecule has 2 N–H and O–H groups in total. The summed E-state index contributed by atoms with van der Waals surface area (Å²) in [6, 6.07) is 7.42. The molecule has 0 saturated heterocycles. The minimum Gasteiger partial charge on any atom is -0.497 e. The van der Waals surface area contributed by atoms with Crippen molar-refractivity contribution in [2.75, 3.05) is 20.6 Å². The van der Waals surface area contributed by atoms with Gasteiger partial charge in [-0.05, 0) is 37.5 Å². The molecule has 0 spiro atoms. The Labute approximate surface area is 113 Å². The topological polar surface area (TPSA) is 41.5 Å². The maximum Gasteiger partial charge on any atom is 0.119 e. The van der Waals surface area contributed by atoms with E-state index in [0.29, 0.717) is 12.2 Å². The number of rotatable bonds is 4. The summed E-state index contributed by atoms with van der Waals surface area (Å²) in [7, 11) is 1.59. The number of hydrogen-bond acceptors (Lipinski definition) is 3. The van der Waals surface area contributed by atoms with Gasteiger partial charge in [0.1, 0.15) is 5.75 Å². The van der Waals surface area contributed by atoms with Crippen LogP contribution in [-0.2, 0) is 5.60 Å². The van der Waals surface area contributed by atoms with Crippen LogP contribution in [0.5, 0.6) is 5.75 Å². The highest BCUT2D eigenvalue weighted by molar-refractivity contribution is 5.33. The van der Waals surface area contributed by atoms with Gasteiger partial charge in [-0.15, -0.1) is 0 Å². The van der Waals surface area contributed by atoms with Crippen molar-refractivity contribution in [2.45, 2.75) is 31.3 Å². The second kappa shape index (κ2) is 5.72. The molecule has 1 fully saturated rings. The van der Waals surface area contributed by atoms with Crippen LogP contribution in [0.2, 0.25) is 0 Å². The third-order valence-electron chi connectivity index (χ3n) is 3.95. The van der Waals surface area contributed by atoms with Crippen LogP contribution in [0, 0.1) is 5.92 Å². The molecule has 1 aliphatic rings. The van der Waals surface area contributed by atoms with Crippen LogP contribution in [0.15, 0.2) is 24.3 Å². The van der Waals surface area contributed by atoms with Crippen molar-refractivity contribution in [2.24, 2.45) is 5.92 Å². The van der Waals surface area contributed by atoms with E-state index in [9.17, 15) is 5.11 Å². The lowest BCUT2D eigenvalue weighted by Crippen LogP contribution is -2.42. The minimum absolute atomic E-state index is 0.112. The van der Waals surface area contributed by atoms with Crippen molar-refractivity contribution in [3.8, 4) is 5.75 Å². The SMILES string of the molecule is [2H]C([2H])([2H])NCC1CCCCC1(O)c1cccc(OC)c1. The van der Waals surface area contributed by atoms with Gasteiger partial charge in [-0.25, -0.2) is 0 Å². The molecule has 100 valence electrons. The molecule has 0 aromatic heterocycles. The summed E-state index contributed by atoms with van der Waals surface area (Å²) >= 11 is 0. The summed E-state index contributed by atoms with van der Waals surface area (Å²) in [5.41, 5.74) is -0.190. The summed E-state index contributed by atoms with van der Waals surface area (Å²) in [5.74, 6) is 0.591. The molecule has 1 aromatic carbocycles. The molecule has 0 heterocycles. The maximum absolute atomic E-state index is 11.1. The van der Waals surface area contributed by atoms with Crippen LogP contribution in [-0.4, -0.2) is 25.7 Å². The van der Waals surface area contributed by atoms with Gasteiger partial charge in [-0.3, -0.25) is 0 Å². The van der Waals surface area contributed by atoms with Gasteiger partial charge in [0.15, 0.2) is 0 Å². The van der Waals surface area contributed by atoms with E-state index in [2.05, 4.69) is 5.32 Å². The first-order chi connectivity index (χ1) is 9.85. The molecule has 1 aliphatic carbocycles. The summed E-state index contributed by atoms with van der Waals surface area (Å²) < 4.78 is 27.0. The van der Waals surface area contributed by atoms with Crippen LogP contribution in [0.3, 0.4) is 0 Å². The summed E-state index contributed by atoms with van der Waals surface area (Å²) in [6.07, 6.45) is 3.42. The normalized spacial score (nSPS) is 31.2. The van der Waals surface area contributed by atoms with Crippen molar-refractivity contribution in [3.63, 3.8) is 0 Å². The fourth-order valence-electron chi connectivity index (χ4n) is 2.89. The molecule has 18 heavy (non-hydrogen) atoms. The van der Waals surface area contributed by atoms with Crippen LogP contribution < -0.4 is 10.1 Å². The first-order valence-corrected chi connectivity index (χ1v) is 6.47. The first kappa shape index (κ1) is 9.82. The van der Waals surface area contributed by atoms with Crippen LogP contribution in [0.4, 0.5) is 0 Å². The predicted octanol–water partition coefficient (Wildman–Crippen LogP) is 2.29. The Morgan fingerprint density at radius 3 is 3.22 bits per heavy atom. The first-order valence-electron chi connectivity index (χ1n) is 7.97. The van der Waals surface area contributed by atoms with Gasteiger partial charge in [-0.1, -0.05) is 25.0 Å². The van der Waals surface area contributed by atoms with E-state index in [-0.39, 0.29) is 12.5 Å². The number of benzene rings is 1. The largest absolute Gasteiger partial charge is 0.497 e. The average Bonchev–Trinajstić information content (AvgIpc) is 2.45. The van der Waals surface area contributed by atoms with E-state index < -0.39 is 12.6 Å². The van der Waals surface area contributed by atoms with E-state index in [1.54, 1.807) is 7.11 Å². The molecule has 0 radical (unpaired) electrons. The van der Waals surface area contributed by atoms with Crippen molar-refractivity contribution < 1.29 is 14.0 Å². The van der Waals surface area contributed by atoms with Gasteiger partial charge in [0.05, 0.1) is 12.7 Å². The Hall–Kier alpha value is -1.06. The van der Waals surface area contributed by atoms with Crippen molar-refractivity contribution in [1.29, 1.82) is 0 Å². The van der Waals surface area contributed by atoms with Crippen LogP contribution in [0.25, 0.3) is 0 Å². The summed E-state index contributed by atoms with van der Waals surface area (Å²) in [5, 5.41) is 13.7. The van der Waals surface area contributed by atoms with Gasteiger partial charge in [0, 0.05) is 16.6 Å².